The van der Waals surface area contributed by atoms with Crippen molar-refractivity contribution in [2.24, 2.45) is 0 Å². The number of pyridine rings is 1. The molecular formula is C16H23ClN4O2. The molecule has 1 aliphatic heterocycles. The van der Waals surface area contributed by atoms with E-state index in [2.05, 4.69) is 10.3 Å². The smallest absolute Gasteiger partial charge is 0.222 e. The minimum atomic E-state index is -1.29. The van der Waals surface area contributed by atoms with E-state index in [4.69, 9.17) is 27.2 Å². The molecule has 6 nitrogen and oxygen atoms in total. The van der Waals surface area contributed by atoms with Gasteiger partial charge >= 0.3 is 0 Å². The van der Waals surface area contributed by atoms with E-state index >= 15 is 0 Å². The molecular weight excluding hydrogens is 316 g/mol. The molecule has 0 fully saturated rings. The predicted molar refractivity (Wildman–Crippen MR) is 93.2 cm³/mol. The predicted octanol–water partition coefficient (Wildman–Crippen LogP) is 3.16. The van der Waals surface area contributed by atoms with Gasteiger partial charge in [0.15, 0.2) is 12.0 Å². The van der Waals surface area contributed by atoms with Crippen molar-refractivity contribution in [3.8, 4) is 0 Å². The number of hydrogen-bond donors (Lipinski definition) is 4. The maximum atomic E-state index is 9.99. The van der Waals surface area contributed by atoms with Crippen LogP contribution in [0.15, 0.2) is 18.3 Å². The summed E-state index contributed by atoms with van der Waals surface area (Å²) in [6.45, 7) is 7.05. The summed E-state index contributed by atoms with van der Waals surface area (Å²) in [7, 11) is 0. The van der Waals surface area contributed by atoms with E-state index in [1.165, 1.54) is 13.1 Å². The number of halogens is 1. The highest BCUT2D eigenvalue weighted by Gasteiger charge is 2.19. The van der Waals surface area contributed by atoms with Crippen molar-refractivity contribution in [1.29, 1.82) is 10.8 Å². The molecule has 4 N–H and O–H groups in total. The second-order valence-electron chi connectivity index (χ2n) is 4.71. The molecule has 0 radical (unpaired) electrons. The van der Waals surface area contributed by atoms with E-state index in [-0.39, 0.29) is 5.90 Å². The van der Waals surface area contributed by atoms with Crippen LogP contribution in [0.3, 0.4) is 0 Å². The summed E-state index contributed by atoms with van der Waals surface area (Å²) in [6, 6.07) is 1.58. The molecule has 0 bridgehead atoms. The summed E-state index contributed by atoms with van der Waals surface area (Å²) in [5, 5.41) is 28.4. The zero-order chi connectivity index (χ0) is 17.4. The van der Waals surface area contributed by atoms with Crippen LogP contribution in [0, 0.1) is 10.8 Å². The lowest BCUT2D eigenvalue weighted by molar-refractivity contribution is 0.220. The third kappa shape index (κ3) is 5.42. The van der Waals surface area contributed by atoms with Gasteiger partial charge in [-0.05, 0) is 24.6 Å². The van der Waals surface area contributed by atoms with Crippen LogP contribution in [0.2, 0.25) is 5.02 Å². The number of nitrogens with one attached hydrogen (secondary N) is 3. The second kappa shape index (κ2) is 9.39. The Morgan fingerprint density at radius 2 is 2.13 bits per heavy atom. The lowest BCUT2D eigenvalue weighted by Crippen LogP contribution is -2.20. The van der Waals surface area contributed by atoms with E-state index in [1.807, 2.05) is 19.9 Å². The Morgan fingerprint density at radius 3 is 2.65 bits per heavy atom. The summed E-state index contributed by atoms with van der Waals surface area (Å²) >= 11 is 6.23. The number of nitrogens with zero attached hydrogens (tertiary/aromatic N) is 1. The van der Waals surface area contributed by atoms with Crippen molar-refractivity contribution < 1.29 is 9.84 Å². The van der Waals surface area contributed by atoms with Crippen LogP contribution in [0.25, 0.3) is 5.57 Å². The third-order valence-corrected chi connectivity index (χ3v) is 3.35. The molecule has 126 valence electrons. The molecule has 0 spiro atoms. The lowest BCUT2D eigenvalue weighted by Gasteiger charge is -2.16. The van der Waals surface area contributed by atoms with Gasteiger partial charge in [0.1, 0.15) is 0 Å². The van der Waals surface area contributed by atoms with Crippen LogP contribution in [-0.2, 0) is 4.74 Å². The average Bonchev–Trinajstić information content (AvgIpc) is 2.56. The fourth-order valence-corrected chi connectivity index (χ4v) is 2.34. The Balaban J connectivity index is 0.00000127. The molecule has 0 saturated heterocycles. The SMILES string of the molecule is CC.CC(=N)OC(=N)C(O)c1cnc(C2=CCNCC2)c(Cl)c1. The Morgan fingerprint density at radius 1 is 1.43 bits per heavy atom. The second-order valence-corrected chi connectivity index (χ2v) is 5.11. The van der Waals surface area contributed by atoms with E-state index in [0.717, 1.165) is 25.1 Å². The van der Waals surface area contributed by atoms with Gasteiger partial charge in [-0.15, -0.1) is 0 Å². The molecule has 1 aliphatic rings. The summed E-state index contributed by atoms with van der Waals surface area (Å²) in [5.41, 5.74) is 2.13. The molecule has 0 aliphatic carbocycles. The molecule has 7 heteroatoms. The van der Waals surface area contributed by atoms with Gasteiger partial charge in [-0.2, -0.15) is 0 Å². The molecule has 1 aromatic heterocycles. The minimum Gasteiger partial charge on any atom is -0.427 e. The Hall–Kier alpha value is -1.76. The molecule has 0 amide bonds. The summed E-state index contributed by atoms with van der Waals surface area (Å²) < 4.78 is 4.78. The van der Waals surface area contributed by atoms with E-state index in [9.17, 15) is 5.11 Å². The lowest BCUT2D eigenvalue weighted by atomic mass is 10.0. The topological polar surface area (TPSA) is 102 Å². The average molecular weight is 339 g/mol. The summed E-state index contributed by atoms with van der Waals surface area (Å²) in [6.07, 6.45) is 3.08. The number of aliphatic hydroxyl groups is 1. The van der Waals surface area contributed by atoms with Crippen LogP contribution >= 0.6 is 11.6 Å². The zero-order valence-electron chi connectivity index (χ0n) is 13.6. The number of aromatic nitrogens is 1. The normalized spacial score (nSPS) is 14.9. The maximum Gasteiger partial charge on any atom is 0.222 e. The Kier molecular flexibility index (Phi) is 7.88. The standard InChI is InChI=1S/C14H17ClN4O2.C2H6/c1-8(16)21-14(17)13(20)10-6-11(15)12(19-7-10)9-2-4-18-5-3-9;1-2/h2,6-7,13,16-18,20H,3-5H2,1H3;1-2H3. The van der Waals surface area contributed by atoms with Crippen molar-refractivity contribution in [1.82, 2.24) is 10.3 Å². The van der Waals surface area contributed by atoms with Gasteiger partial charge in [0, 0.05) is 25.2 Å². The van der Waals surface area contributed by atoms with Crippen LogP contribution in [0.1, 0.15) is 44.6 Å². The van der Waals surface area contributed by atoms with Crippen LogP contribution in [0.5, 0.6) is 0 Å². The maximum absolute atomic E-state index is 9.99. The highest BCUT2D eigenvalue weighted by atomic mass is 35.5. The molecule has 0 aromatic carbocycles. The van der Waals surface area contributed by atoms with Gasteiger partial charge in [0.2, 0.25) is 5.90 Å². The van der Waals surface area contributed by atoms with Crippen LogP contribution in [-0.4, -0.2) is 35.0 Å². The summed E-state index contributed by atoms with van der Waals surface area (Å²) in [4.78, 5) is 4.29. The van der Waals surface area contributed by atoms with Gasteiger partial charge in [-0.25, -0.2) is 0 Å². The zero-order valence-corrected chi connectivity index (χ0v) is 14.4. The number of rotatable bonds is 3. The molecule has 1 aromatic rings. The number of hydrogen-bond acceptors (Lipinski definition) is 6. The highest BCUT2D eigenvalue weighted by molar-refractivity contribution is 6.32. The highest BCUT2D eigenvalue weighted by Crippen LogP contribution is 2.28. The van der Waals surface area contributed by atoms with Crippen LogP contribution in [0.4, 0.5) is 0 Å². The molecule has 0 saturated carbocycles. The first kappa shape index (κ1) is 19.3. The van der Waals surface area contributed by atoms with Gasteiger partial charge in [0.25, 0.3) is 0 Å². The van der Waals surface area contributed by atoms with E-state index in [0.29, 0.717) is 16.3 Å². The number of ether oxygens (including phenoxy) is 1. The van der Waals surface area contributed by atoms with Crippen molar-refractivity contribution in [3.63, 3.8) is 0 Å². The molecule has 2 rings (SSSR count). The van der Waals surface area contributed by atoms with Gasteiger partial charge < -0.3 is 15.2 Å². The van der Waals surface area contributed by atoms with Gasteiger partial charge in [-0.3, -0.25) is 15.8 Å². The minimum absolute atomic E-state index is 0.158. The van der Waals surface area contributed by atoms with E-state index < -0.39 is 12.0 Å². The van der Waals surface area contributed by atoms with E-state index in [1.54, 1.807) is 6.07 Å². The third-order valence-electron chi connectivity index (χ3n) is 3.06. The number of aliphatic hydroxyl groups excluding tert-OH is 1. The molecule has 1 atom stereocenters. The first-order chi connectivity index (χ1) is 11.0. The Bertz CT molecular complexity index is 602. The molecule has 23 heavy (non-hydrogen) atoms. The first-order valence-electron chi connectivity index (χ1n) is 7.54. The Labute approximate surface area is 141 Å². The van der Waals surface area contributed by atoms with Crippen LogP contribution < -0.4 is 5.32 Å². The van der Waals surface area contributed by atoms with Gasteiger partial charge in [0.05, 0.1) is 10.7 Å². The molecule has 1 unspecified atom stereocenters. The summed E-state index contributed by atoms with van der Waals surface area (Å²) in [5.74, 6) is -0.580. The fourth-order valence-electron chi connectivity index (χ4n) is 2.05. The van der Waals surface area contributed by atoms with Crippen molar-refractivity contribution >= 4 is 29.0 Å². The fraction of sp³-hybridized carbons (Fsp3) is 0.438. The molecule has 2 heterocycles. The monoisotopic (exact) mass is 338 g/mol. The van der Waals surface area contributed by atoms with Crippen molar-refractivity contribution in [3.05, 3.63) is 34.6 Å². The van der Waals surface area contributed by atoms with Gasteiger partial charge in [-0.1, -0.05) is 31.5 Å². The quantitative estimate of drug-likeness (QED) is 0.502. The van der Waals surface area contributed by atoms with Crippen molar-refractivity contribution in [2.45, 2.75) is 33.3 Å². The largest absolute Gasteiger partial charge is 0.427 e. The first-order valence-corrected chi connectivity index (χ1v) is 7.92. The van der Waals surface area contributed by atoms with Crippen molar-refractivity contribution in [2.75, 3.05) is 13.1 Å².